The van der Waals surface area contributed by atoms with Crippen molar-refractivity contribution in [1.82, 2.24) is 24.6 Å². The number of hydrogen-bond acceptors (Lipinski definition) is 8. The summed E-state index contributed by atoms with van der Waals surface area (Å²) in [7, 11) is 0. The molecule has 1 aliphatic heterocycles. The maximum Gasteiger partial charge on any atom is 0.490 e. The van der Waals surface area contributed by atoms with Crippen LogP contribution in [0.4, 0.5) is 19.0 Å². The third-order valence-electron chi connectivity index (χ3n) is 6.55. The number of halogens is 4. The van der Waals surface area contributed by atoms with Gasteiger partial charge in [0.25, 0.3) is 5.91 Å². The first-order valence-corrected chi connectivity index (χ1v) is 12.7. The van der Waals surface area contributed by atoms with Crippen LogP contribution in [0.2, 0.25) is 5.02 Å². The molecule has 4 rings (SSSR count). The average molecular weight is 587 g/mol. The van der Waals surface area contributed by atoms with Gasteiger partial charge in [-0.25, -0.2) is 19.4 Å². The van der Waals surface area contributed by atoms with Crippen LogP contribution in [0.3, 0.4) is 0 Å². The zero-order valence-electron chi connectivity index (χ0n) is 22.5. The Morgan fingerprint density at radius 3 is 2.38 bits per heavy atom. The van der Waals surface area contributed by atoms with Gasteiger partial charge >= 0.3 is 12.1 Å². The lowest BCUT2D eigenvalue weighted by molar-refractivity contribution is -0.192. The Hall–Kier alpha value is -3.65. The number of aliphatic carboxylic acids is 1. The normalized spacial score (nSPS) is 15.2. The van der Waals surface area contributed by atoms with Gasteiger partial charge in [-0.3, -0.25) is 4.79 Å². The standard InChI is InChI=1S/C23H29ClN6O3.C2HF3O2/c1-6-33-20-16(13(4)30-22-19(12(3)28-30)21(25)26-10-27-22)7-17(24)11(2)18(20)15-8-29(9-15)23(32)14(5)31;3-2(4,5)1(6)7/h7,10,13-15,31H,6,8-9H2,1-5H3,(H2,25,26,27);(H,6,7). The Morgan fingerprint density at radius 2 is 1.85 bits per heavy atom. The van der Waals surface area contributed by atoms with Crippen LogP contribution >= 0.6 is 11.6 Å². The van der Waals surface area contributed by atoms with Crippen molar-refractivity contribution in [3.05, 3.63) is 39.8 Å². The van der Waals surface area contributed by atoms with Crippen molar-refractivity contribution in [2.45, 2.75) is 58.9 Å². The van der Waals surface area contributed by atoms with Crippen molar-refractivity contribution in [1.29, 1.82) is 0 Å². The summed E-state index contributed by atoms with van der Waals surface area (Å²) in [6, 6.07) is 1.67. The van der Waals surface area contributed by atoms with Crippen molar-refractivity contribution in [3.8, 4) is 5.75 Å². The van der Waals surface area contributed by atoms with E-state index in [1.165, 1.54) is 13.3 Å². The molecule has 0 aliphatic carbocycles. The Morgan fingerprint density at radius 1 is 1.25 bits per heavy atom. The van der Waals surface area contributed by atoms with E-state index in [0.717, 1.165) is 33.5 Å². The minimum absolute atomic E-state index is 0.0629. The minimum atomic E-state index is -5.08. The van der Waals surface area contributed by atoms with E-state index in [1.807, 2.05) is 38.4 Å². The van der Waals surface area contributed by atoms with E-state index in [0.29, 0.717) is 36.2 Å². The second-order valence-corrected chi connectivity index (χ2v) is 9.74. The van der Waals surface area contributed by atoms with Crippen LogP contribution in [-0.2, 0) is 9.59 Å². The molecule has 40 heavy (non-hydrogen) atoms. The number of carbonyl (C=O) groups is 2. The maximum atomic E-state index is 12.2. The Kier molecular flexibility index (Phi) is 9.14. The number of carbonyl (C=O) groups excluding carboxylic acids is 1. The average Bonchev–Trinajstić information content (AvgIpc) is 3.18. The van der Waals surface area contributed by atoms with Gasteiger partial charge in [-0.15, -0.1) is 0 Å². The number of likely N-dealkylation sites (tertiary alicyclic amines) is 1. The van der Waals surface area contributed by atoms with Gasteiger partial charge in [0.1, 0.15) is 24.0 Å². The van der Waals surface area contributed by atoms with Crippen LogP contribution < -0.4 is 10.5 Å². The van der Waals surface area contributed by atoms with Crippen molar-refractivity contribution in [3.63, 3.8) is 0 Å². The largest absolute Gasteiger partial charge is 0.493 e. The van der Waals surface area contributed by atoms with Gasteiger partial charge in [-0.05, 0) is 46.2 Å². The number of carboxylic acid groups (broad SMARTS) is 1. The summed E-state index contributed by atoms with van der Waals surface area (Å²) in [4.78, 5) is 31.2. The van der Waals surface area contributed by atoms with Crippen LogP contribution in [0.5, 0.6) is 5.75 Å². The molecule has 1 amide bonds. The molecule has 1 fully saturated rings. The predicted molar refractivity (Wildman–Crippen MR) is 140 cm³/mol. The number of aliphatic hydroxyl groups is 1. The van der Waals surface area contributed by atoms with Gasteiger partial charge in [0, 0.05) is 35.2 Å². The van der Waals surface area contributed by atoms with Crippen molar-refractivity contribution in [2.75, 3.05) is 25.4 Å². The number of benzene rings is 1. The third-order valence-corrected chi connectivity index (χ3v) is 6.94. The SMILES string of the molecule is CCOc1c(C(C)n2nc(C)c3c(N)ncnc32)cc(Cl)c(C)c1C1CN(C(=O)C(C)O)C1.O=C(O)C(F)(F)F. The number of aliphatic hydroxyl groups excluding tert-OH is 1. The highest BCUT2D eigenvalue weighted by Crippen LogP contribution is 2.44. The third kappa shape index (κ3) is 6.07. The van der Waals surface area contributed by atoms with Crippen LogP contribution in [0.1, 0.15) is 55.1 Å². The van der Waals surface area contributed by atoms with E-state index >= 15 is 0 Å². The first-order chi connectivity index (χ1) is 18.6. The van der Waals surface area contributed by atoms with Crippen molar-refractivity contribution in [2.24, 2.45) is 0 Å². The Bertz CT molecular complexity index is 1420. The molecule has 1 saturated heterocycles. The molecule has 4 N–H and O–H groups in total. The number of alkyl halides is 3. The van der Waals surface area contributed by atoms with Crippen molar-refractivity contribution >= 4 is 40.3 Å². The van der Waals surface area contributed by atoms with Crippen LogP contribution in [0.25, 0.3) is 11.0 Å². The first kappa shape index (κ1) is 30.9. The minimum Gasteiger partial charge on any atom is -0.493 e. The molecule has 0 spiro atoms. The van der Waals surface area contributed by atoms with Crippen LogP contribution in [-0.4, -0.2) is 78.7 Å². The molecular weight excluding hydrogens is 557 g/mol. The monoisotopic (exact) mass is 586 g/mol. The number of hydrogen-bond donors (Lipinski definition) is 3. The van der Waals surface area contributed by atoms with E-state index in [1.54, 1.807) is 4.90 Å². The quantitative estimate of drug-likeness (QED) is 0.392. The lowest BCUT2D eigenvalue weighted by Crippen LogP contribution is -2.51. The maximum absolute atomic E-state index is 12.2. The summed E-state index contributed by atoms with van der Waals surface area (Å²) < 4.78 is 39.7. The highest BCUT2D eigenvalue weighted by molar-refractivity contribution is 6.31. The zero-order valence-corrected chi connectivity index (χ0v) is 23.2. The molecule has 0 radical (unpaired) electrons. The fourth-order valence-corrected chi connectivity index (χ4v) is 4.77. The highest BCUT2D eigenvalue weighted by atomic mass is 35.5. The molecular formula is C25H30ClF3N6O5. The molecule has 1 aromatic carbocycles. The van der Waals surface area contributed by atoms with Crippen LogP contribution in [0, 0.1) is 13.8 Å². The summed E-state index contributed by atoms with van der Waals surface area (Å²) in [5, 5.41) is 22.8. The van der Waals surface area contributed by atoms with Crippen LogP contribution in [0.15, 0.2) is 12.4 Å². The summed E-state index contributed by atoms with van der Waals surface area (Å²) in [6.07, 6.45) is -4.67. The molecule has 11 nitrogen and oxygen atoms in total. The van der Waals surface area contributed by atoms with Gasteiger partial charge in [0.2, 0.25) is 0 Å². The number of aryl methyl sites for hydroxylation is 1. The van der Waals surface area contributed by atoms with Gasteiger partial charge in [0.05, 0.1) is 23.7 Å². The first-order valence-electron chi connectivity index (χ1n) is 12.3. The number of nitrogen functional groups attached to an aromatic ring is 1. The summed E-state index contributed by atoms with van der Waals surface area (Å²) in [6.45, 7) is 10.8. The zero-order chi connectivity index (χ0) is 30.1. The van der Waals surface area contributed by atoms with Gasteiger partial charge in [0.15, 0.2) is 5.65 Å². The molecule has 0 saturated carbocycles. The second-order valence-electron chi connectivity index (χ2n) is 9.33. The summed E-state index contributed by atoms with van der Waals surface area (Å²) in [5.41, 5.74) is 10.3. The van der Waals surface area contributed by atoms with E-state index in [2.05, 4.69) is 9.97 Å². The van der Waals surface area contributed by atoms with E-state index in [4.69, 9.17) is 37.1 Å². The second kappa shape index (κ2) is 11.8. The smallest absolute Gasteiger partial charge is 0.490 e. The lowest BCUT2D eigenvalue weighted by Gasteiger charge is -2.42. The Balaban J connectivity index is 0.000000559. The highest BCUT2D eigenvalue weighted by Gasteiger charge is 2.39. The lowest BCUT2D eigenvalue weighted by atomic mass is 9.85. The molecule has 0 bridgehead atoms. The van der Waals surface area contributed by atoms with E-state index in [-0.39, 0.29) is 17.9 Å². The molecule has 1 aliphatic rings. The fourth-order valence-electron chi connectivity index (χ4n) is 4.55. The molecule has 2 atom stereocenters. The number of rotatable bonds is 6. The Labute approximate surface area is 232 Å². The number of fused-ring (bicyclic) bond motifs is 1. The van der Waals surface area contributed by atoms with E-state index < -0.39 is 18.2 Å². The predicted octanol–water partition coefficient (Wildman–Crippen LogP) is 3.63. The summed E-state index contributed by atoms with van der Waals surface area (Å²) >= 11 is 6.69. The van der Waals surface area contributed by atoms with Gasteiger partial charge in [-0.1, -0.05) is 11.6 Å². The molecule has 3 aromatic rings. The van der Waals surface area contributed by atoms with Crippen molar-refractivity contribution < 1.29 is 37.7 Å². The number of nitrogens with zero attached hydrogens (tertiary/aromatic N) is 5. The molecule has 218 valence electrons. The molecule has 2 unspecified atom stereocenters. The summed E-state index contributed by atoms with van der Waals surface area (Å²) in [5.74, 6) is -1.82. The number of ether oxygens (including phenoxy) is 1. The number of nitrogens with two attached hydrogens (primary N) is 1. The van der Waals surface area contributed by atoms with E-state index in [9.17, 15) is 23.1 Å². The fraction of sp³-hybridized carbons (Fsp3) is 0.480. The van der Waals surface area contributed by atoms with Gasteiger partial charge in [-0.2, -0.15) is 18.3 Å². The topological polar surface area (TPSA) is 157 Å². The molecule has 3 heterocycles. The van der Waals surface area contributed by atoms with Gasteiger partial charge < -0.3 is 25.6 Å². The molecule has 2 aromatic heterocycles. The number of aromatic nitrogens is 4. The number of amides is 1. The number of anilines is 1. The molecule has 15 heteroatoms. The number of carboxylic acids is 1.